The fourth-order valence-electron chi connectivity index (χ4n) is 1.08. The molecule has 4 nitrogen and oxygen atoms in total. The van der Waals surface area contributed by atoms with Crippen molar-refractivity contribution in [3.8, 4) is 0 Å². The lowest BCUT2D eigenvalue weighted by Gasteiger charge is -2.18. The number of nitrogens with zero attached hydrogens (tertiary/aromatic N) is 1. The van der Waals surface area contributed by atoms with Crippen molar-refractivity contribution in [3.63, 3.8) is 0 Å². The van der Waals surface area contributed by atoms with Crippen molar-refractivity contribution in [2.75, 3.05) is 11.9 Å². The molecule has 0 aromatic carbocycles. The van der Waals surface area contributed by atoms with Gasteiger partial charge in [-0.15, -0.1) is 0 Å². The molecule has 1 heterocycles. The van der Waals surface area contributed by atoms with Crippen molar-refractivity contribution >= 4 is 17.3 Å². The minimum atomic E-state index is -0.363. The Morgan fingerprint density at radius 1 is 1.53 bits per heavy atom. The van der Waals surface area contributed by atoms with Crippen LogP contribution in [0, 0.1) is 5.41 Å². The molecule has 0 aliphatic rings. The van der Waals surface area contributed by atoms with Gasteiger partial charge in [0.2, 0.25) is 0 Å². The second-order valence-electron chi connectivity index (χ2n) is 4.66. The average molecular weight is 230 g/mol. The Kier molecular flexibility index (Phi) is 3.74. The monoisotopic (exact) mass is 229 g/mol. The highest BCUT2D eigenvalue weighted by atomic mass is 35.5. The molecular weight excluding hydrogens is 214 g/mol. The number of H-pyrrole nitrogens is 1. The zero-order valence-electron chi connectivity index (χ0n) is 9.22. The lowest BCUT2D eigenvalue weighted by molar-refractivity contribution is 0.390. The number of aromatic amines is 1. The topological polar surface area (TPSA) is 57.8 Å². The van der Waals surface area contributed by atoms with Crippen LogP contribution in [0.3, 0.4) is 0 Å². The van der Waals surface area contributed by atoms with E-state index in [1.54, 1.807) is 0 Å². The minimum Gasteiger partial charge on any atom is -0.382 e. The molecule has 0 saturated heterocycles. The molecule has 2 N–H and O–H groups in total. The van der Waals surface area contributed by atoms with Gasteiger partial charge in [-0.3, -0.25) is 4.79 Å². The van der Waals surface area contributed by atoms with E-state index in [0.717, 1.165) is 13.0 Å². The van der Waals surface area contributed by atoms with Crippen molar-refractivity contribution in [2.45, 2.75) is 27.2 Å². The van der Waals surface area contributed by atoms with Crippen LogP contribution < -0.4 is 10.9 Å². The van der Waals surface area contributed by atoms with Crippen LogP contribution in [-0.4, -0.2) is 16.7 Å². The Bertz CT molecular complexity index is 381. The molecule has 0 bridgehead atoms. The third kappa shape index (κ3) is 3.91. The third-order valence-electron chi connectivity index (χ3n) is 1.99. The molecule has 0 unspecified atom stereocenters. The van der Waals surface area contributed by atoms with E-state index in [-0.39, 0.29) is 16.0 Å². The molecule has 0 spiro atoms. The molecule has 1 rings (SSSR count). The van der Waals surface area contributed by atoms with Gasteiger partial charge in [0.1, 0.15) is 5.02 Å². The maximum absolute atomic E-state index is 11.1. The van der Waals surface area contributed by atoms with Crippen LogP contribution in [0.4, 0.5) is 5.69 Å². The first-order valence-corrected chi connectivity index (χ1v) is 5.25. The Balaban J connectivity index is 2.59. The van der Waals surface area contributed by atoms with E-state index in [0.29, 0.717) is 5.69 Å². The lowest BCUT2D eigenvalue weighted by atomic mass is 9.92. The first kappa shape index (κ1) is 12.0. The standard InChI is InChI=1S/C10H16ClN3O/c1-10(2,3)4-5-12-7-6-13-14-9(15)8(7)11/h6H,4-5H2,1-3H3,(H2,12,14,15). The quantitative estimate of drug-likeness (QED) is 0.836. The Labute approximate surface area is 94.0 Å². The van der Waals surface area contributed by atoms with E-state index in [9.17, 15) is 4.79 Å². The first-order valence-electron chi connectivity index (χ1n) is 4.87. The molecule has 0 saturated carbocycles. The summed E-state index contributed by atoms with van der Waals surface area (Å²) < 4.78 is 0. The largest absolute Gasteiger partial charge is 0.382 e. The van der Waals surface area contributed by atoms with Crippen LogP contribution >= 0.6 is 11.6 Å². The lowest BCUT2D eigenvalue weighted by Crippen LogP contribution is -2.16. The Hall–Kier alpha value is -1.03. The summed E-state index contributed by atoms with van der Waals surface area (Å²) in [6.45, 7) is 7.25. The molecule has 0 fully saturated rings. The number of nitrogens with one attached hydrogen (secondary N) is 2. The van der Waals surface area contributed by atoms with Crippen LogP contribution in [0.15, 0.2) is 11.0 Å². The number of anilines is 1. The molecule has 15 heavy (non-hydrogen) atoms. The summed E-state index contributed by atoms with van der Waals surface area (Å²) in [7, 11) is 0. The molecule has 5 heteroatoms. The van der Waals surface area contributed by atoms with Gasteiger partial charge in [-0.2, -0.15) is 5.10 Å². The molecule has 0 atom stereocenters. The van der Waals surface area contributed by atoms with Gasteiger partial charge >= 0.3 is 0 Å². The Morgan fingerprint density at radius 2 is 2.20 bits per heavy atom. The fraction of sp³-hybridized carbons (Fsp3) is 0.600. The normalized spacial score (nSPS) is 11.5. The fourth-order valence-corrected chi connectivity index (χ4v) is 1.24. The van der Waals surface area contributed by atoms with Gasteiger partial charge in [-0.25, -0.2) is 5.10 Å². The summed E-state index contributed by atoms with van der Waals surface area (Å²) in [5.74, 6) is 0. The highest BCUT2D eigenvalue weighted by molar-refractivity contribution is 6.32. The summed E-state index contributed by atoms with van der Waals surface area (Å²) in [5, 5.41) is 9.21. The van der Waals surface area contributed by atoms with Crippen LogP contribution in [0.5, 0.6) is 0 Å². The van der Waals surface area contributed by atoms with Gasteiger partial charge < -0.3 is 5.32 Å². The number of hydrogen-bond donors (Lipinski definition) is 2. The van der Waals surface area contributed by atoms with E-state index in [4.69, 9.17) is 11.6 Å². The van der Waals surface area contributed by atoms with Crippen LogP contribution in [-0.2, 0) is 0 Å². The van der Waals surface area contributed by atoms with E-state index < -0.39 is 0 Å². The van der Waals surface area contributed by atoms with E-state index >= 15 is 0 Å². The number of halogens is 1. The zero-order chi connectivity index (χ0) is 11.5. The molecular formula is C10H16ClN3O. The molecule has 1 aromatic rings. The van der Waals surface area contributed by atoms with Gasteiger partial charge in [-0.05, 0) is 11.8 Å². The second-order valence-corrected chi connectivity index (χ2v) is 5.04. The van der Waals surface area contributed by atoms with Gasteiger partial charge in [0.25, 0.3) is 5.56 Å². The van der Waals surface area contributed by atoms with E-state index in [1.807, 2.05) is 0 Å². The molecule has 84 valence electrons. The highest BCUT2D eigenvalue weighted by Gasteiger charge is 2.10. The van der Waals surface area contributed by atoms with Gasteiger partial charge in [0.05, 0.1) is 11.9 Å². The summed E-state index contributed by atoms with van der Waals surface area (Å²) in [5.41, 5.74) is 0.482. The predicted molar refractivity (Wildman–Crippen MR) is 62.4 cm³/mol. The molecule has 1 aromatic heterocycles. The number of aromatic nitrogens is 2. The number of rotatable bonds is 3. The first-order chi connectivity index (χ1) is 6.90. The van der Waals surface area contributed by atoms with Crippen molar-refractivity contribution in [1.29, 1.82) is 0 Å². The van der Waals surface area contributed by atoms with Crippen molar-refractivity contribution in [3.05, 3.63) is 21.6 Å². The maximum Gasteiger partial charge on any atom is 0.285 e. The smallest absolute Gasteiger partial charge is 0.285 e. The van der Waals surface area contributed by atoms with Crippen molar-refractivity contribution in [2.24, 2.45) is 5.41 Å². The maximum atomic E-state index is 11.1. The second kappa shape index (κ2) is 4.66. The average Bonchev–Trinajstić information content (AvgIpc) is 2.10. The van der Waals surface area contributed by atoms with E-state index in [1.165, 1.54) is 6.20 Å². The van der Waals surface area contributed by atoms with Gasteiger partial charge in [0, 0.05) is 6.54 Å². The van der Waals surface area contributed by atoms with Gasteiger partial charge in [-0.1, -0.05) is 32.4 Å². The predicted octanol–water partition coefficient (Wildman–Crippen LogP) is 2.27. The summed E-state index contributed by atoms with van der Waals surface area (Å²) in [6.07, 6.45) is 2.52. The van der Waals surface area contributed by atoms with Crippen LogP contribution in [0.1, 0.15) is 27.2 Å². The summed E-state index contributed by atoms with van der Waals surface area (Å²) in [6, 6.07) is 0. The molecule has 0 aliphatic heterocycles. The zero-order valence-corrected chi connectivity index (χ0v) is 9.98. The molecule has 0 radical (unpaired) electrons. The van der Waals surface area contributed by atoms with Crippen molar-refractivity contribution < 1.29 is 0 Å². The Morgan fingerprint density at radius 3 is 2.80 bits per heavy atom. The van der Waals surface area contributed by atoms with Crippen LogP contribution in [0.2, 0.25) is 5.02 Å². The summed E-state index contributed by atoms with van der Waals surface area (Å²) >= 11 is 5.80. The highest BCUT2D eigenvalue weighted by Crippen LogP contribution is 2.20. The van der Waals surface area contributed by atoms with Gasteiger partial charge in [0.15, 0.2) is 0 Å². The molecule has 0 amide bonds. The molecule has 0 aliphatic carbocycles. The SMILES string of the molecule is CC(C)(C)CCNc1cn[nH]c(=O)c1Cl. The van der Waals surface area contributed by atoms with E-state index in [2.05, 4.69) is 36.3 Å². The minimum absolute atomic E-state index is 0.166. The van der Waals surface area contributed by atoms with Crippen LogP contribution in [0.25, 0.3) is 0 Å². The number of hydrogen-bond acceptors (Lipinski definition) is 3. The summed E-state index contributed by atoms with van der Waals surface area (Å²) in [4.78, 5) is 11.1. The third-order valence-corrected chi connectivity index (χ3v) is 2.36. The van der Waals surface area contributed by atoms with Crippen molar-refractivity contribution in [1.82, 2.24) is 10.2 Å².